The molecular weight excluding hydrogens is 403 g/mol. The average Bonchev–Trinajstić information content (AvgIpc) is 2.96. The van der Waals surface area contributed by atoms with E-state index < -0.39 is 0 Å². The first-order valence-electron chi connectivity index (χ1n) is 6.41. The summed E-state index contributed by atoms with van der Waals surface area (Å²) in [5.74, 6) is 1.67. The van der Waals surface area contributed by atoms with Crippen molar-refractivity contribution >= 4 is 56.6 Å². The summed E-state index contributed by atoms with van der Waals surface area (Å²) in [6.07, 6.45) is 0.802. The van der Waals surface area contributed by atoms with E-state index in [0.29, 0.717) is 5.88 Å². The Hall–Kier alpha value is -0.590. The zero-order valence-corrected chi connectivity index (χ0v) is 14.8. The molecular formula is C15H14ClIN2S. The highest BCUT2D eigenvalue weighted by Gasteiger charge is 2.12. The molecule has 104 valence electrons. The van der Waals surface area contributed by atoms with Crippen LogP contribution in [0.2, 0.25) is 0 Å². The van der Waals surface area contributed by atoms with Gasteiger partial charge in [-0.2, -0.15) is 11.3 Å². The first-order valence-corrected chi connectivity index (χ1v) is 8.97. The van der Waals surface area contributed by atoms with Crippen LogP contribution in [0.15, 0.2) is 29.0 Å². The number of imidazole rings is 1. The second-order valence-corrected chi connectivity index (χ2v) is 7.13. The lowest BCUT2D eigenvalue weighted by Crippen LogP contribution is -2.06. The van der Waals surface area contributed by atoms with Crippen molar-refractivity contribution in [2.45, 2.75) is 19.9 Å². The third-order valence-corrected chi connectivity index (χ3v) is 5.17. The van der Waals surface area contributed by atoms with Gasteiger partial charge in [-0.3, -0.25) is 0 Å². The fourth-order valence-electron chi connectivity index (χ4n) is 2.32. The van der Waals surface area contributed by atoms with Crippen LogP contribution in [-0.2, 0) is 13.0 Å². The monoisotopic (exact) mass is 416 g/mol. The first-order chi connectivity index (χ1) is 9.69. The fraction of sp³-hybridized carbons (Fsp3) is 0.267. The normalized spacial score (nSPS) is 11.3. The van der Waals surface area contributed by atoms with Crippen molar-refractivity contribution in [3.8, 4) is 0 Å². The van der Waals surface area contributed by atoms with E-state index in [0.717, 1.165) is 24.3 Å². The highest BCUT2D eigenvalue weighted by atomic mass is 127. The molecule has 0 saturated heterocycles. The van der Waals surface area contributed by atoms with Gasteiger partial charge >= 0.3 is 0 Å². The number of nitrogens with zero attached hydrogens (tertiary/aromatic N) is 2. The van der Waals surface area contributed by atoms with E-state index in [4.69, 9.17) is 16.6 Å². The van der Waals surface area contributed by atoms with Gasteiger partial charge in [-0.15, -0.1) is 11.6 Å². The van der Waals surface area contributed by atoms with Crippen molar-refractivity contribution in [3.63, 3.8) is 0 Å². The quantitative estimate of drug-likeness (QED) is 0.439. The maximum atomic E-state index is 5.93. The summed E-state index contributed by atoms with van der Waals surface area (Å²) in [4.78, 5) is 4.75. The molecule has 0 aliphatic heterocycles. The molecule has 0 bridgehead atoms. The second-order valence-electron chi connectivity index (χ2n) is 4.77. The van der Waals surface area contributed by atoms with Crippen molar-refractivity contribution in [3.05, 3.63) is 49.5 Å². The number of aryl methyl sites for hydroxylation is 2. The molecule has 1 aromatic carbocycles. The van der Waals surface area contributed by atoms with Gasteiger partial charge < -0.3 is 4.57 Å². The Morgan fingerprint density at radius 3 is 2.90 bits per heavy atom. The number of hydrogen-bond acceptors (Lipinski definition) is 2. The number of thiophene rings is 1. The van der Waals surface area contributed by atoms with Crippen molar-refractivity contribution in [2.24, 2.45) is 0 Å². The molecule has 0 fully saturated rings. The molecule has 0 aliphatic carbocycles. The highest BCUT2D eigenvalue weighted by Crippen LogP contribution is 2.23. The Labute approximate surface area is 140 Å². The van der Waals surface area contributed by atoms with Crippen molar-refractivity contribution < 1.29 is 0 Å². The molecule has 3 rings (SSSR count). The molecule has 20 heavy (non-hydrogen) atoms. The highest BCUT2D eigenvalue weighted by molar-refractivity contribution is 14.1. The fourth-order valence-corrected chi connectivity index (χ4v) is 3.82. The van der Waals surface area contributed by atoms with E-state index in [2.05, 4.69) is 63.0 Å². The van der Waals surface area contributed by atoms with Crippen LogP contribution in [-0.4, -0.2) is 15.4 Å². The average molecular weight is 417 g/mol. The van der Waals surface area contributed by atoms with Gasteiger partial charge in [-0.05, 0) is 69.6 Å². The van der Waals surface area contributed by atoms with Crippen LogP contribution in [0.1, 0.15) is 17.0 Å². The summed E-state index contributed by atoms with van der Waals surface area (Å²) in [7, 11) is 0. The third-order valence-electron chi connectivity index (χ3n) is 3.40. The Kier molecular flexibility index (Phi) is 4.33. The number of fused-ring (bicyclic) bond motifs is 1. The van der Waals surface area contributed by atoms with Crippen LogP contribution in [0, 0.1) is 10.5 Å². The Balaban J connectivity index is 2.11. The summed E-state index contributed by atoms with van der Waals surface area (Å²) in [6, 6.07) is 6.42. The van der Waals surface area contributed by atoms with Gasteiger partial charge in [-0.25, -0.2) is 4.98 Å². The van der Waals surface area contributed by atoms with Crippen molar-refractivity contribution in [2.75, 3.05) is 5.88 Å². The van der Waals surface area contributed by atoms with Gasteiger partial charge in [0.25, 0.3) is 0 Å². The van der Waals surface area contributed by atoms with Crippen LogP contribution in [0.5, 0.6) is 0 Å². The van der Waals surface area contributed by atoms with Crippen molar-refractivity contribution in [1.29, 1.82) is 0 Å². The standard InChI is InChI=1S/C15H14ClIN2S/c1-10-8-20-9-11(10)7-19-14-3-2-12(17)6-13(14)18-15(19)4-5-16/h2-3,6,8-9H,4-5,7H2,1H3. The smallest absolute Gasteiger partial charge is 0.111 e. The van der Waals surface area contributed by atoms with E-state index in [1.54, 1.807) is 11.3 Å². The minimum atomic E-state index is 0.600. The molecule has 0 amide bonds. The molecule has 2 nitrogen and oxygen atoms in total. The van der Waals surface area contributed by atoms with Crippen LogP contribution < -0.4 is 0 Å². The van der Waals surface area contributed by atoms with E-state index >= 15 is 0 Å². The number of aromatic nitrogens is 2. The molecule has 0 atom stereocenters. The zero-order valence-electron chi connectivity index (χ0n) is 11.1. The molecule has 0 unspecified atom stereocenters. The van der Waals surface area contributed by atoms with Gasteiger partial charge in [0, 0.05) is 15.9 Å². The molecule has 0 spiro atoms. The second kappa shape index (κ2) is 6.03. The van der Waals surface area contributed by atoms with Gasteiger partial charge in [0.1, 0.15) is 5.82 Å². The molecule has 2 aromatic heterocycles. The summed E-state index contributed by atoms with van der Waals surface area (Å²) in [5.41, 5.74) is 4.96. The van der Waals surface area contributed by atoms with Gasteiger partial charge in [0.15, 0.2) is 0 Å². The number of halogens is 2. The Morgan fingerprint density at radius 2 is 2.20 bits per heavy atom. The lowest BCUT2D eigenvalue weighted by molar-refractivity contribution is 0.753. The van der Waals surface area contributed by atoms with E-state index in [1.165, 1.54) is 20.2 Å². The molecule has 2 heterocycles. The van der Waals surface area contributed by atoms with E-state index in [-0.39, 0.29) is 0 Å². The first kappa shape index (κ1) is 14.4. The molecule has 5 heteroatoms. The van der Waals surface area contributed by atoms with Crippen LogP contribution in [0.25, 0.3) is 11.0 Å². The molecule has 3 aromatic rings. The minimum Gasteiger partial charge on any atom is -0.323 e. The van der Waals surface area contributed by atoms with Crippen LogP contribution in [0.3, 0.4) is 0 Å². The maximum Gasteiger partial charge on any atom is 0.111 e. The predicted molar refractivity (Wildman–Crippen MR) is 95.0 cm³/mol. The maximum absolute atomic E-state index is 5.93. The molecule has 0 radical (unpaired) electrons. The number of rotatable bonds is 4. The van der Waals surface area contributed by atoms with Crippen LogP contribution in [0.4, 0.5) is 0 Å². The zero-order chi connectivity index (χ0) is 14.1. The summed E-state index contributed by atoms with van der Waals surface area (Å²) >= 11 is 10.0. The van der Waals surface area contributed by atoms with Crippen molar-refractivity contribution in [1.82, 2.24) is 9.55 Å². The molecule has 0 N–H and O–H groups in total. The van der Waals surface area contributed by atoms with Gasteiger partial charge in [0.2, 0.25) is 0 Å². The SMILES string of the molecule is Cc1cscc1Cn1c(CCCl)nc2cc(I)ccc21. The number of benzene rings is 1. The lowest BCUT2D eigenvalue weighted by Gasteiger charge is -2.08. The third kappa shape index (κ3) is 2.73. The lowest BCUT2D eigenvalue weighted by atomic mass is 10.2. The topological polar surface area (TPSA) is 17.8 Å². The largest absolute Gasteiger partial charge is 0.323 e. The summed E-state index contributed by atoms with van der Waals surface area (Å²) in [6.45, 7) is 3.04. The van der Waals surface area contributed by atoms with Gasteiger partial charge in [-0.1, -0.05) is 0 Å². The Morgan fingerprint density at radius 1 is 1.35 bits per heavy atom. The van der Waals surface area contributed by atoms with Gasteiger partial charge in [0.05, 0.1) is 17.6 Å². The van der Waals surface area contributed by atoms with E-state index in [9.17, 15) is 0 Å². The summed E-state index contributed by atoms with van der Waals surface area (Å²) < 4.78 is 3.51. The van der Waals surface area contributed by atoms with E-state index in [1.807, 2.05) is 0 Å². The predicted octanol–water partition coefficient (Wildman–Crippen LogP) is 4.84. The number of alkyl halides is 1. The van der Waals surface area contributed by atoms with Crippen LogP contribution >= 0.6 is 45.5 Å². The Bertz CT molecular complexity index is 747. The molecule has 0 aliphatic rings. The number of hydrogen-bond donors (Lipinski definition) is 0. The summed E-state index contributed by atoms with van der Waals surface area (Å²) in [5, 5.41) is 4.41. The minimum absolute atomic E-state index is 0.600. The molecule has 0 saturated carbocycles.